The summed E-state index contributed by atoms with van der Waals surface area (Å²) in [5.74, 6) is 0. The van der Waals surface area contributed by atoms with Crippen LogP contribution < -0.4 is 0 Å². The number of nitrogens with zero attached hydrogens (tertiary/aromatic N) is 5. The molecule has 0 unspecified atom stereocenters. The monoisotopic (exact) mass is 165 g/mol. The van der Waals surface area contributed by atoms with Crippen LogP contribution in [0.5, 0.6) is 0 Å². The number of aromatic nitrogens is 2. The van der Waals surface area contributed by atoms with Gasteiger partial charge in [0.2, 0.25) is 0 Å². The molecule has 1 aromatic heterocycles. The number of hydrogen-bond donors (Lipinski definition) is 0. The summed E-state index contributed by atoms with van der Waals surface area (Å²) in [5, 5.41) is 7.53. The quantitative estimate of drug-likeness (QED) is 0.291. The number of azide groups is 1. The molecule has 0 fully saturated rings. The second-order valence-electron chi connectivity index (χ2n) is 2.59. The largest absolute Gasteiger partial charge is 0.272 e. The number of rotatable bonds is 4. The third-order valence-electron chi connectivity index (χ3n) is 1.47. The van der Waals surface area contributed by atoms with Gasteiger partial charge in [-0.3, -0.25) is 4.68 Å². The molecule has 0 atom stereocenters. The third kappa shape index (κ3) is 2.64. The van der Waals surface area contributed by atoms with Crippen LogP contribution in [0.4, 0.5) is 0 Å². The predicted molar refractivity (Wildman–Crippen MR) is 45.6 cm³/mol. The molecule has 1 heterocycles. The minimum Gasteiger partial charge on any atom is -0.272 e. The highest BCUT2D eigenvalue weighted by Crippen LogP contribution is 1.95. The molecule has 0 bridgehead atoms. The van der Waals surface area contributed by atoms with Crippen molar-refractivity contribution in [2.45, 2.75) is 19.9 Å². The van der Waals surface area contributed by atoms with Gasteiger partial charge in [0.25, 0.3) is 0 Å². The smallest absolute Gasteiger partial charge is 0.0518 e. The highest BCUT2D eigenvalue weighted by atomic mass is 15.3. The summed E-state index contributed by atoms with van der Waals surface area (Å²) in [5.41, 5.74) is 9.16. The van der Waals surface area contributed by atoms with E-state index in [1.807, 2.05) is 24.0 Å². The summed E-state index contributed by atoms with van der Waals surface area (Å²) in [6.07, 6.45) is 4.62. The average molecular weight is 165 g/mol. The van der Waals surface area contributed by atoms with Crippen molar-refractivity contribution in [1.82, 2.24) is 9.78 Å². The lowest BCUT2D eigenvalue weighted by Gasteiger charge is -1.96. The van der Waals surface area contributed by atoms with Crippen molar-refractivity contribution < 1.29 is 0 Å². The van der Waals surface area contributed by atoms with E-state index in [1.54, 1.807) is 0 Å². The molecule has 0 saturated heterocycles. The lowest BCUT2D eigenvalue weighted by molar-refractivity contribution is 0.584. The molecule has 0 N–H and O–H groups in total. The van der Waals surface area contributed by atoms with Crippen molar-refractivity contribution in [2.24, 2.45) is 5.11 Å². The van der Waals surface area contributed by atoms with Crippen LogP contribution >= 0.6 is 0 Å². The first-order chi connectivity index (χ1) is 5.83. The molecule has 0 radical (unpaired) electrons. The molecule has 0 saturated carbocycles. The number of hydrogen-bond acceptors (Lipinski definition) is 2. The van der Waals surface area contributed by atoms with E-state index >= 15 is 0 Å². The molecule has 12 heavy (non-hydrogen) atoms. The molecule has 5 heteroatoms. The average Bonchev–Trinajstić information content (AvgIpc) is 2.45. The van der Waals surface area contributed by atoms with Crippen LogP contribution in [0.2, 0.25) is 0 Å². The lowest BCUT2D eigenvalue weighted by Crippen LogP contribution is -1.99. The molecule has 0 amide bonds. The van der Waals surface area contributed by atoms with Crippen molar-refractivity contribution in [1.29, 1.82) is 0 Å². The van der Waals surface area contributed by atoms with Crippen LogP contribution in [0.3, 0.4) is 0 Å². The van der Waals surface area contributed by atoms with E-state index in [0.717, 1.165) is 18.5 Å². The third-order valence-corrected chi connectivity index (χ3v) is 1.47. The van der Waals surface area contributed by atoms with Crippen LogP contribution in [-0.4, -0.2) is 16.3 Å². The van der Waals surface area contributed by atoms with Crippen LogP contribution in [0.25, 0.3) is 10.4 Å². The zero-order chi connectivity index (χ0) is 8.81. The molecule has 0 aromatic carbocycles. The van der Waals surface area contributed by atoms with Gasteiger partial charge < -0.3 is 0 Å². The van der Waals surface area contributed by atoms with Crippen LogP contribution in [0, 0.1) is 6.92 Å². The van der Waals surface area contributed by atoms with E-state index in [1.165, 1.54) is 0 Å². The van der Waals surface area contributed by atoms with E-state index in [-0.39, 0.29) is 0 Å². The first kappa shape index (κ1) is 8.62. The standard InChI is InChI=1S/C7H11N5/c1-7-5-10-12(6-7)4-2-3-9-11-8/h5-6H,2-4H2,1H3. The van der Waals surface area contributed by atoms with Crippen LogP contribution in [0.1, 0.15) is 12.0 Å². The summed E-state index contributed by atoms with van der Waals surface area (Å²) in [4.78, 5) is 2.67. The van der Waals surface area contributed by atoms with Gasteiger partial charge in [-0.15, -0.1) is 0 Å². The Morgan fingerprint density at radius 3 is 3.17 bits per heavy atom. The van der Waals surface area contributed by atoms with Gasteiger partial charge in [-0.2, -0.15) is 5.10 Å². The Hall–Kier alpha value is -1.48. The summed E-state index contributed by atoms with van der Waals surface area (Å²) in [6.45, 7) is 3.35. The summed E-state index contributed by atoms with van der Waals surface area (Å²) in [6, 6.07) is 0. The Kier molecular flexibility index (Phi) is 3.17. The first-order valence-corrected chi connectivity index (χ1v) is 3.83. The maximum absolute atomic E-state index is 8.00. The van der Waals surface area contributed by atoms with E-state index in [2.05, 4.69) is 15.1 Å². The Labute approximate surface area is 70.6 Å². The molecule has 0 aliphatic carbocycles. The van der Waals surface area contributed by atoms with Crippen LogP contribution in [0.15, 0.2) is 17.5 Å². The van der Waals surface area contributed by atoms with Crippen molar-refractivity contribution in [3.8, 4) is 0 Å². The van der Waals surface area contributed by atoms with Gasteiger partial charge in [0, 0.05) is 24.2 Å². The molecule has 0 aliphatic rings. The zero-order valence-corrected chi connectivity index (χ0v) is 7.01. The fourth-order valence-corrected chi connectivity index (χ4v) is 0.937. The molecule has 1 rings (SSSR count). The molecule has 0 spiro atoms. The van der Waals surface area contributed by atoms with Gasteiger partial charge in [0.1, 0.15) is 0 Å². The summed E-state index contributed by atoms with van der Waals surface area (Å²) >= 11 is 0. The fraction of sp³-hybridized carbons (Fsp3) is 0.571. The van der Waals surface area contributed by atoms with Crippen molar-refractivity contribution in [3.05, 3.63) is 28.4 Å². The molecule has 5 nitrogen and oxygen atoms in total. The Morgan fingerprint density at radius 1 is 1.75 bits per heavy atom. The fourth-order valence-electron chi connectivity index (χ4n) is 0.937. The Balaban J connectivity index is 2.28. The van der Waals surface area contributed by atoms with Gasteiger partial charge in [-0.05, 0) is 24.4 Å². The van der Waals surface area contributed by atoms with Crippen molar-refractivity contribution in [3.63, 3.8) is 0 Å². The van der Waals surface area contributed by atoms with E-state index in [0.29, 0.717) is 6.54 Å². The normalized spacial score (nSPS) is 9.42. The maximum atomic E-state index is 8.00. The minimum atomic E-state index is 0.537. The molecular weight excluding hydrogens is 154 g/mol. The molecular formula is C7H11N5. The maximum Gasteiger partial charge on any atom is 0.0518 e. The highest BCUT2D eigenvalue weighted by molar-refractivity contribution is 4.99. The van der Waals surface area contributed by atoms with Gasteiger partial charge in [-0.1, -0.05) is 5.11 Å². The SMILES string of the molecule is Cc1cnn(CCCN=[N+]=[N-])c1. The zero-order valence-electron chi connectivity index (χ0n) is 7.01. The minimum absolute atomic E-state index is 0.537. The summed E-state index contributed by atoms with van der Waals surface area (Å²) < 4.78 is 1.85. The molecule has 64 valence electrons. The molecule has 0 aliphatic heterocycles. The Bertz CT molecular complexity index is 284. The van der Waals surface area contributed by atoms with E-state index in [4.69, 9.17) is 5.53 Å². The Morgan fingerprint density at radius 2 is 2.58 bits per heavy atom. The second kappa shape index (κ2) is 4.41. The molecule has 1 aromatic rings. The van der Waals surface area contributed by atoms with E-state index < -0.39 is 0 Å². The van der Waals surface area contributed by atoms with Crippen molar-refractivity contribution >= 4 is 0 Å². The topological polar surface area (TPSA) is 66.6 Å². The van der Waals surface area contributed by atoms with E-state index in [9.17, 15) is 0 Å². The first-order valence-electron chi connectivity index (χ1n) is 3.83. The second-order valence-corrected chi connectivity index (χ2v) is 2.59. The highest BCUT2D eigenvalue weighted by Gasteiger charge is 1.91. The predicted octanol–water partition coefficient (Wildman–Crippen LogP) is 1.89. The van der Waals surface area contributed by atoms with Crippen molar-refractivity contribution in [2.75, 3.05) is 6.54 Å². The number of aryl methyl sites for hydroxylation is 2. The van der Waals surface area contributed by atoms with Gasteiger partial charge >= 0.3 is 0 Å². The van der Waals surface area contributed by atoms with Crippen LogP contribution in [-0.2, 0) is 6.54 Å². The van der Waals surface area contributed by atoms with Gasteiger partial charge in [-0.25, -0.2) is 0 Å². The van der Waals surface area contributed by atoms with Gasteiger partial charge in [0.05, 0.1) is 6.20 Å². The van der Waals surface area contributed by atoms with Gasteiger partial charge in [0.15, 0.2) is 0 Å². The summed E-state index contributed by atoms with van der Waals surface area (Å²) in [7, 11) is 0. The lowest BCUT2D eigenvalue weighted by atomic mass is 10.4.